The Bertz CT molecular complexity index is 689. The summed E-state index contributed by atoms with van der Waals surface area (Å²) in [4.78, 5) is 0. The first-order valence-corrected chi connectivity index (χ1v) is 8.39. The van der Waals surface area contributed by atoms with Crippen LogP contribution in [0.4, 0.5) is 0 Å². The fourth-order valence-corrected chi connectivity index (χ4v) is 2.98. The van der Waals surface area contributed by atoms with Gasteiger partial charge in [-0.15, -0.1) is 0 Å². The van der Waals surface area contributed by atoms with Crippen LogP contribution in [0.5, 0.6) is 5.75 Å². The highest BCUT2D eigenvalue weighted by Gasteiger charge is 2.14. The second kappa shape index (κ2) is 7.37. The van der Waals surface area contributed by atoms with E-state index in [0.717, 1.165) is 33.6 Å². The first kappa shape index (κ1) is 18.5. The van der Waals surface area contributed by atoms with E-state index in [0.29, 0.717) is 13.0 Å². The first-order valence-electron chi connectivity index (χ1n) is 8.39. The van der Waals surface area contributed by atoms with Gasteiger partial charge in [0.25, 0.3) is 0 Å². The SMILES string of the molecule is Cc1cc(OCCC(C)(C)O)cc(C)c1-c1cccc(CO)c1C. The highest BCUT2D eigenvalue weighted by Crippen LogP contribution is 2.34. The molecule has 0 radical (unpaired) electrons. The van der Waals surface area contributed by atoms with Crippen molar-refractivity contribution in [2.24, 2.45) is 0 Å². The Morgan fingerprint density at radius 1 is 1.04 bits per heavy atom. The van der Waals surface area contributed by atoms with Crippen molar-refractivity contribution < 1.29 is 14.9 Å². The van der Waals surface area contributed by atoms with E-state index >= 15 is 0 Å². The Labute approximate surface area is 144 Å². The lowest BCUT2D eigenvalue weighted by Crippen LogP contribution is -2.21. The summed E-state index contributed by atoms with van der Waals surface area (Å²) in [6, 6.07) is 10.1. The van der Waals surface area contributed by atoms with Crippen LogP contribution in [-0.4, -0.2) is 22.4 Å². The summed E-state index contributed by atoms with van der Waals surface area (Å²) in [5, 5.41) is 19.3. The van der Waals surface area contributed by atoms with Crippen molar-refractivity contribution in [3.8, 4) is 16.9 Å². The van der Waals surface area contributed by atoms with E-state index < -0.39 is 5.60 Å². The van der Waals surface area contributed by atoms with Crippen LogP contribution in [0.15, 0.2) is 30.3 Å². The smallest absolute Gasteiger partial charge is 0.119 e. The van der Waals surface area contributed by atoms with Crippen LogP contribution >= 0.6 is 0 Å². The van der Waals surface area contributed by atoms with Gasteiger partial charge >= 0.3 is 0 Å². The molecule has 0 bridgehead atoms. The van der Waals surface area contributed by atoms with Crippen LogP contribution in [0.1, 0.15) is 42.5 Å². The van der Waals surface area contributed by atoms with Gasteiger partial charge in [-0.05, 0) is 80.1 Å². The largest absolute Gasteiger partial charge is 0.493 e. The molecule has 2 aromatic rings. The van der Waals surface area contributed by atoms with Gasteiger partial charge in [0.15, 0.2) is 0 Å². The molecule has 0 fully saturated rings. The first-order chi connectivity index (χ1) is 11.2. The third-order valence-corrected chi connectivity index (χ3v) is 4.37. The van der Waals surface area contributed by atoms with E-state index in [-0.39, 0.29) is 6.61 Å². The molecule has 0 aliphatic carbocycles. The lowest BCUT2D eigenvalue weighted by atomic mass is 9.90. The number of rotatable bonds is 6. The van der Waals surface area contributed by atoms with Crippen molar-refractivity contribution in [2.45, 2.75) is 53.2 Å². The molecule has 0 unspecified atom stereocenters. The van der Waals surface area contributed by atoms with Crippen molar-refractivity contribution in [1.82, 2.24) is 0 Å². The summed E-state index contributed by atoms with van der Waals surface area (Å²) in [6.07, 6.45) is 0.588. The molecule has 0 saturated carbocycles. The number of benzene rings is 2. The molecule has 0 spiro atoms. The average Bonchev–Trinajstić information content (AvgIpc) is 2.47. The molecular weight excluding hydrogens is 300 g/mol. The van der Waals surface area contributed by atoms with Crippen LogP contribution in [0.3, 0.4) is 0 Å². The second-order valence-corrected chi connectivity index (χ2v) is 7.09. The Balaban J connectivity index is 2.31. The standard InChI is InChI=1S/C21H28O3/c1-14-11-18(24-10-9-21(4,5)23)12-15(2)20(14)19-8-6-7-17(13-22)16(19)3/h6-8,11-12,22-23H,9-10,13H2,1-5H3. The van der Waals surface area contributed by atoms with Crippen molar-refractivity contribution in [2.75, 3.05) is 6.61 Å². The van der Waals surface area contributed by atoms with Crippen LogP contribution in [0, 0.1) is 20.8 Å². The molecule has 2 N–H and O–H groups in total. The Hall–Kier alpha value is -1.84. The molecule has 0 aliphatic rings. The zero-order valence-electron chi connectivity index (χ0n) is 15.3. The number of aliphatic hydroxyl groups excluding tert-OH is 1. The lowest BCUT2D eigenvalue weighted by Gasteiger charge is -2.19. The molecule has 0 amide bonds. The van der Waals surface area contributed by atoms with E-state index in [1.54, 1.807) is 13.8 Å². The summed E-state index contributed by atoms with van der Waals surface area (Å²) >= 11 is 0. The summed E-state index contributed by atoms with van der Waals surface area (Å²) in [6.45, 7) is 10.3. The van der Waals surface area contributed by atoms with Crippen LogP contribution in [0.25, 0.3) is 11.1 Å². The Morgan fingerprint density at radius 3 is 2.21 bits per heavy atom. The number of hydrogen-bond donors (Lipinski definition) is 2. The van der Waals surface area contributed by atoms with Gasteiger partial charge in [0.2, 0.25) is 0 Å². The molecule has 0 aliphatic heterocycles. The maximum absolute atomic E-state index is 9.78. The number of aliphatic hydroxyl groups is 2. The summed E-state index contributed by atoms with van der Waals surface area (Å²) in [5.74, 6) is 0.828. The topological polar surface area (TPSA) is 49.7 Å². The number of hydrogen-bond acceptors (Lipinski definition) is 3. The monoisotopic (exact) mass is 328 g/mol. The van der Waals surface area contributed by atoms with Crippen LogP contribution in [-0.2, 0) is 6.61 Å². The van der Waals surface area contributed by atoms with E-state index in [2.05, 4.69) is 19.9 Å². The molecule has 0 atom stereocenters. The molecule has 0 aromatic heterocycles. The van der Waals surface area contributed by atoms with E-state index in [1.165, 1.54) is 5.56 Å². The average molecular weight is 328 g/mol. The summed E-state index contributed by atoms with van der Waals surface area (Å²) in [5.41, 5.74) is 5.99. The molecule has 3 nitrogen and oxygen atoms in total. The minimum Gasteiger partial charge on any atom is -0.493 e. The van der Waals surface area contributed by atoms with Crippen LogP contribution in [0.2, 0.25) is 0 Å². The minimum atomic E-state index is -0.716. The lowest BCUT2D eigenvalue weighted by molar-refractivity contribution is 0.0553. The van der Waals surface area contributed by atoms with Crippen molar-refractivity contribution >= 4 is 0 Å². The van der Waals surface area contributed by atoms with Gasteiger partial charge in [0, 0.05) is 6.42 Å². The Morgan fingerprint density at radius 2 is 1.67 bits per heavy atom. The molecule has 24 heavy (non-hydrogen) atoms. The molecule has 130 valence electrons. The molecular formula is C21H28O3. The number of ether oxygens (including phenoxy) is 1. The van der Waals surface area contributed by atoms with E-state index in [9.17, 15) is 10.2 Å². The van der Waals surface area contributed by atoms with E-state index in [1.807, 2.05) is 31.2 Å². The fourth-order valence-electron chi connectivity index (χ4n) is 2.98. The number of aryl methyl sites for hydroxylation is 2. The zero-order valence-corrected chi connectivity index (χ0v) is 15.3. The fraction of sp³-hybridized carbons (Fsp3) is 0.429. The van der Waals surface area contributed by atoms with Gasteiger partial charge in [0.1, 0.15) is 5.75 Å². The zero-order chi connectivity index (χ0) is 17.9. The van der Waals surface area contributed by atoms with Crippen molar-refractivity contribution in [3.63, 3.8) is 0 Å². The quantitative estimate of drug-likeness (QED) is 0.830. The molecule has 0 saturated heterocycles. The van der Waals surface area contributed by atoms with Crippen molar-refractivity contribution in [1.29, 1.82) is 0 Å². The van der Waals surface area contributed by atoms with Gasteiger partial charge in [-0.3, -0.25) is 0 Å². The molecule has 0 heterocycles. The predicted molar refractivity (Wildman–Crippen MR) is 98.4 cm³/mol. The molecule has 2 rings (SSSR count). The molecule has 2 aromatic carbocycles. The highest BCUT2D eigenvalue weighted by atomic mass is 16.5. The summed E-state index contributed by atoms with van der Waals surface area (Å²) < 4.78 is 5.81. The third kappa shape index (κ3) is 4.37. The van der Waals surface area contributed by atoms with Gasteiger partial charge in [0.05, 0.1) is 18.8 Å². The van der Waals surface area contributed by atoms with Gasteiger partial charge in [-0.1, -0.05) is 18.2 Å². The predicted octanol–water partition coefficient (Wildman–Crippen LogP) is 4.31. The van der Waals surface area contributed by atoms with Gasteiger partial charge < -0.3 is 14.9 Å². The maximum Gasteiger partial charge on any atom is 0.119 e. The third-order valence-electron chi connectivity index (χ3n) is 4.37. The van der Waals surface area contributed by atoms with E-state index in [4.69, 9.17) is 4.74 Å². The van der Waals surface area contributed by atoms with Crippen LogP contribution < -0.4 is 4.74 Å². The summed E-state index contributed by atoms with van der Waals surface area (Å²) in [7, 11) is 0. The Kier molecular flexibility index (Phi) is 5.68. The van der Waals surface area contributed by atoms with Gasteiger partial charge in [-0.2, -0.15) is 0 Å². The molecule has 3 heteroatoms. The van der Waals surface area contributed by atoms with Gasteiger partial charge in [-0.25, -0.2) is 0 Å². The normalized spacial score (nSPS) is 11.6. The maximum atomic E-state index is 9.78. The van der Waals surface area contributed by atoms with Crippen molar-refractivity contribution in [3.05, 3.63) is 52.6 Å². The minimum absolute atomic E-state index is 0.0515. The second-order valence-electron chi connectivity index (χ2n) is 7.09. The highest BCUT2D eigenvalue weighted by molar-refractivity contribution is 5.75.